The van der Waals surface area contributed by atoms with Crippen LogP contribution in [0, 0.1) is 0 Å². The van der Waals surface area contributed by atoms with Crippen molar-refractivity contribution in [3.05, 3.63) is 12.2 Å². The van der Waals surface area contributed by atoms with Gasteiger partial charge in [0.05, 0.1) is 0 Å². The van der Waals surface area contributed by atoms with Crippen molar-refractivity contribution < 1.29 is 9.59 Å². The number of hydrogen-bond acceptors (Lipinski definition) is 3. The van der Waals surface area contributed by atoms with Crippen molar-refractivity contribution in [3.8, 4) is 0 Å². The second-order valence-corrected chi connectivity index (χ2v) is 13.8. The number of rotatable bonds is 36. The number of nitrogens with zero attached hydrogens (tertiary/aromatic N) is 1. The average molecular weight is 662 g/mol. The van der Waals surface area contributed by atoms with Crippen molar-refractivity contribution in [1.82, 2.24) is 10.6 Å². The predicted molar refractivity (Wildman–Crippen MR) is 205 cm³/mol. The van der Waals surface area contributed by atoms with Crippen LogP contribution in [0.25, 0.3) is 0 Å². The zero-order valence-corrected chi connectivity index (χ0v) is 31.3. The van der Waals surface area contributed by atoms with E-state index in [1.165, 1.54) is 135 Å². The van der Waals surface area contributed by atoms with Crippen LogP contribution < -0.4 is 22.1 Å². The van der Waals surface area contributed by atoms with E-state index in [1.807, 2.05) is 0 Å². The topological polar surface area (TPSA) is 123 Å². The van der Waals surface area contributed by atoms with Crippen molar-refractivity contribution in [2.75, 3.05) is 13.1 Å². The van der Waals surface area contributed by atoms with Gasteiger partial charge in [0.15, 0.2) is 5.96 Å². The summed E-state index contributed by atoms with van der Waals surface area (Å²) in [4.78, 5) is 29.6. The zero-order valence-electron chi connectivity index (χ0n) is 31.3. The van der Waals surface area contributed by atoms with Gasteiger partial charge in [-0.1, -0.05) is 161 Å². The van der Waals surface area contributed by atoms with Crippen molar-refractivity contribution in [2.45, 2.75) is 213 Å². The van der Waals surface area contributed by atoms with Gasteiger partial charge in [0, 0.05) is 19.5 Å². The molecule has 0 spiro atoms. The maximum absolute atomic E-state index is 12.9. The Morgan fingerprint density at radius 2 is 1.00 bits per heavy atom. The maximum Gasteiger partial charge on any atom is 0.242 e. The summed E-state index contributed by atoms with van der Waals surface area (Å²) in [5.74, 6) is -0.0829. The molecule has 0 saturated carbocycles. The Kier molecular flexibility index (Phi) is 35.2. The third-order valence-electron chi connectivity index (χ3n) is 9.09. The summed E-state index contributed by atoms with van der Waals surface area (Å²) in [6, 6.07) is -0.536. The first-order valence-electron chi connectivity index (χ1n) is 20.3. The van der Waals surface area contributed by atoms with E-state index in [1.54, 1.807) is 0 Å². The van der Waals surface area contributed by atoms with Crippen LogP contribution in [0.5, 0.6) is 0 Å². The lowest BCUT2D eigenvalue weighted by atomic mass is 10.0. The Morgan fingerprint density at radius 1 is 0.574 bits per heavy atom. The molecule has 0 aliphatic rings. The van der Waals surface area contributed by atoms with Crippen molar-refractivity contribution in [3.63, 3.8) is 0 Å². The SMILES string of the molecule is CCCCCCCCC=CCCCCCCCC(=O)NC(CCCN=C(N)N)C(=O)NCCCCCCCCCCCCCCCC. The smallest absolute Gasteiger partial charge is 0.242 e. The summed E-state index contributed by atoms with van der Waals surface area (Å²) >= 11 is 0. The standard InChI is InChI=1S/C40H79N5O2/c1-3-5-7-9-11-13-15-17-19-20-22-24-26-28-30-34-38(46)45-37(33-32-36-44-40(41)42)39(47)43-35-31-29-27-25-23-21-18-16-14-12-10-8-6-4-2/h17,19,37H,3-16,18,20-36H2,1-2H3,(H,43,47)(H,45,46)(H4,41,42,44). The van der Waals surface area contributed by atoms with Gasteiger partial charge < -0.3 is 22.1 Å². The van der Waals surface area contributed by atoms with Crippen molar-refractivity contribution in [1.29, 1.82) is 0 Å². The highest BCUT2D eigenvalue weighted by atomic mass is 16.2. The number of carbonyl (C=O) groups is 2. The number of hydrogen-bond donors (Lipinski definition) is 4. The molecule has 0 saturated heterocycles. The summed E-state index contributed by atoms with van der Waals surface area (Å²) in [5.41, 5.74) is 10.9. The van der Waals surface area contributed by atoms with E-state index >= 15 is 0 Å². The average Bonchev–Trinajstić information content (AvgIpc) is 3.05. The van der Waals surface area contributed by atoms with E-state index in [0.29, 0.717) is 32.4 Å². The number of amides is 2. The van der Waals surface area contributed by atoms with Gasteiger partial charge in [-0.25, -0.2) is 0 Å². The van der Waals surface area contributed by atoms with Gasteiger partial charge in [-0.2, -0.15) is 0 Å². The molecule has 1 atom stereocenters. The minimum Gasteiger partial charge on any atom is -0.370 e. The maximum atomic E-state index is 12.9. The van der Waals surface area contributed by atoms with Gasteiger partial charge in [0.1, 0.15) is 6.04 Å². The summed E-state index contributed by atoms with van der Waals surface area (Å²) in [5, 5.41) is 6.04. The van der Waals surface area contributed by atoms with E-state index in [9.17, 15) is 9.59 Å². The Hall–Kier alpha value is -2.05. The molecule has 0 fully saturated rings. The largest absolute Gasteiger partial charge is 0.370 e. The van der Waals surface area contributed by atoms with Crippen LogP contribution in [-0.2, 0) is 9.59 Å². The van der Waals surface area contributed by atoms with E-state index in [-0.39, 0.29) is 17.8 Å². The fourth-order valence-corrected chi connectivity index (χ4v) is 6.05. The molecule has 47 heavy (non-hydrogen) atoms. The molecule has 6 N–H and O–H groups in total. The molecule has 0 aromatic rings. The van der Waals surface area contributed by atoms with Crippen LogP contribution in [0.3, 0.4) is 0 Å². The summed E-state index contributed by atoms with van der Waals surface area (Å²) < 4.78 is 0. The first kappa shape index (κ1) is 45.0. The molecule has 2 amide bonds. The molecule has 0 bridgehead atoms. The molecule has 7 heteroatoms. The first-order valence-corrected chi connectivity index (χ1v) is 20.3. The molecule has 0 radical (unpaired) electrons. The molecule has 276 valence electrons. The third kappa shape index (κ3) is 35.1. The molecule has 0 aromatic heterocycles. The number of carbonyl (C=O) groups excluding carboxylic acids is 2. The van der Waals surface area contributed by atoms with Gasteiger partial charge in [-0.05, 0) is 51.4 Å². The Bertz CT molecular complexity index is 751. The van der Waals surface area contributed by atoms with Gasteiger partial charge in [0.2, 0.25) is 11.8 Å². The highest BCUT2D eigenvalue weighted by Crippen LogP contribution is 2.13. The van der Waals surface area contributed by atoms with Gasteiger partial charge in [-0.3, -0.25) is 14.6 Å². The second-order valence-electron chi connectivity index (χ2n) is 13.8. The van der Waals surface area contributed by atoms with Crippen LogP contribution in [0.4, 0.5) is 0 Å². The zero-order chi connectivity index (χ0) is 34.5. The third-order valence-corrected chi connectivity index (χ3v) is 9.09. The van der Waals surface area contributed by atoms with Crippen molar-refractivity contribution >= 4 is 17.8 Å². The van der Waals surface area contributed by atoms with E-state index in [2.05, 4.69) is 41.6 Å². The van der Waals surface area contributed by atoms with E-state index in [4.69, 9.17) is 11.5 Å². The molecule has 0 aromatic carbocycles. The molecule has 0 aliphatic heterocycles. The first-order chi connectivity index (χ1) is 23.0. The second kappa shape index (κ2) is 36.8. The van der Waals surface area contributed by atoms with Crippen LogP contribution in [0.1, 0.15) is 206 Å². The lowest BCUT2D eigenvalue weighted by Gasteiger charge is -2.18. The number of nitrogens with two attached hydrogens (primary N) is 2. The normalized spacial score (nSPS) is 12.0. The molecular weight excluding hydrogens is 582 g/mol. The highest BCUT2D eigenvalue weighted by Gasteiger charge is 2.19. The van der Waals surface area contributed by atoms with Crippen molar-refractivity contribution in [2.24, 2.45) is 16.5 Å². The summed E-state index contributed by atoms with van der Waals surface area (Å²) in [6.45, 7) is 5.65. The molecule has 7 nitrogen and oxygen atoms in total. The minimum absolute atomic E-state index is 0.0406. The Morgan fingerprint density at radius 3 is 1.47 bits per heavy atom. The van der Waals surface area contributed by atoms with Gasteiger partial charge in [-0.15, -0.1) is 0 Å². The van der Waals surface area contributed by atoms with Crippen LogP contribution in [0.2, 0.25) is 0 Å². The Labute approximate surface area is 291 Å². The van der Waals surface area contributed by atoms with E-state index < -0.39 is 6.04 Å². The molecule has 0 aliphatic carbocycles. The summed E-state index contributed by atoms with van der Waals surface area (Å²) in [6.07, 6.45) is 40.7. The number of aliphatic imine (C=N–C) groups is 1. The van der Waals surface area contributed by atoms with Gasteiger partial charge >= 0.3 is 0 Å². The van der Waals surface area contributed by atoms with Crippen LogP contribution >= 0.6 is 0 Å². The molecular formula is C40H79N5O2. The summed E-state index contributed by atoms with van der Waals surface area (Å²) in [7, 11) is 0. The van der Waals surface area contributed by atoms with Crippen LogP contribution in [0.15, 0.2) is 17.1 Å². The number of guanidine groups is 1. The highest BCUT2D eigenvalue weighted by molar-refractivity contribution is 5.87. The minimum atomic E-state index is -0.536. The van der Waals surface area contributed by atoms with Gasteiger partial charge in [0.25, 0.3) is 0 Å². The number of nitrogens with one attached hydrogen (secondary N) is 2. The predicted octanol–water partition coefficient (Wildman–Crippen LogP) is 10.2. The Balaban J connectivity index is 4.01. The lowest BCUT2D eigenvalue weighted by Crippen LogP contribution is -2.47. The van der Waals surface area contributed by atoms with E-state index in [0.717, 1.165) is 38.5 Å². The molecule has 0 rings (SSSR count). The lowest BCUT2D eigenvalue weighted by molar-refractivity contribution is -0.129. The van der Waals surface area contributed by atoms with Crippen LogP contribution in [-0.4, -0.2) is 36.9 Å². The number of unbranched alkanes of at least 4 members (excludes halogenated alkanes) is 24. The molecule has 1 unspecified atom stereocenters. The monoisotopic (exact) mass is 662 g/mol. The number of allylic oxidation sites excluding steroid dienone is 2. The fourth-order valence-electron chi connectivity index (χ4n) is 6.05. The fraction of sp³-hybridized carbons (Fsp3) is 0.875. The molecule has 0 heterocycles. The quantitative estimate of drug-likeness (QED) is 0.0231.